The first-order valence-electron chi connectivity index (χ1n) is 7.78. The van der Waals surface area contributed by atoms with Gasteiger partial charge >= 0.3 is 0 Å². The third kappa shape index (κ3) is 4.48. The molecule has 1 amide bonds. The van der Waals surface area contributed by atoms with Crippen molar-refractivity contribution in [1.82, 2.24) is 9.78 Å². The van der Waals surface area contributed by atoms with Gasteiger partial charge in [0.25, 0.3) is 11.6 Å². The molecule has 0 saturated heterocycles. The SMILES string of the molecule is CC[C@H](C)n1nccc1NC(=O)[C@@H](C)Oc1ccc([N+](=O)[O-])cc1Cl. The molecule has 8 nitrogen and oxygen atoms in total. The van der Waals surface area contributed by atoms with Gasteiger partial charge < -0.3 is 10.1 Å². The highest BCUT2D eigenvalue weighted by Gasteiger charge is 2.20. The van der Waals surface area contributed by atoms with Gasteiger partial charge in [-0.25, -0.2) is 4.68 Å². The number of carbonyl (C=O) groups excluding carboxylic acids is 1. The summed E-state index contributed by atoms with van der Waals surface area (Å²) in [5.74, 6) is 0.398. The maximum atomic E-state index is 12.3. The van der Waals surface area contributed by atoms with Gasteiger partial charge in [0.15, 0.2) is 6.10 Å². The molecule has 1 N–H and O–H groups in total. The van der Waals surface area contributed by atoms with Crippen molar-refractivity contribution >= 4 is 29.0 Å². The summed E-state index contributed by atoms with van der Waals surface area (Å²) in [6.07, 6.45) is 1.63. The molecule has 1 aromatic heterocycles. The topological polar surface area (TPSA) is 99.3 Å². The fraction of sp³-hybridized carbons (Fsp3) is 0.375. The number of nitrogens with one attached hydrogen (secondary N) is 1. The monoisotopic (exact) mass is 366 g/mol. The van der Waals surface area contributed by atoms with Gasteiger partial charge in [-0.15, -0.1) is 0 Å². The predicted octanol–water partition coefficient (Wildman–Crippen LogP) is 3.82. The van der Waals surface area contributed by atoms with Crippen LogP contribution in [-0.4, -0.2) is 26.7 Å². The van der Waals surface area contributed by atoms with E-state index in [2.05, 4.69) is 10.4 Å². The molecule has 0 aliphatic carbocycles. The number of aromatic nitrogens is 2. The minimum atomic E-state index is -0.848. The lowest BCUT2D eigenvalue weighted by Crippen LogP contribution is -2.31. The molecule has 2 atom stereocenters. The highest BCUT2D eigenvalue weighted by atomic mass is 35.5. The minimum Gasteiger partial charge on any atom is -0.479 e. The molecular weight excluding hydrogens is 348 g/mol. The lowest BCUT2D eigenvalue weighted by atomic mass is 10.2. The zero-order chi connectivity index (χ0) is 18.6. The maximum absolute atomic E-state index is 12.3. The van der Waals surface area contributed by atoms with Crippen LogP contribution in [0.2, 0.25) is 5.02 Å². The summed E-state index contributed by atoms with van der Waals surface area (Å²) in [7, 11) is 0. The number of halogens is 1. The number of nitro groups is 1. The Kier molecular flexibility index (Phi) is 5.97. The average Bonchev–Trinajstić information content (AvgIpc) is 3.03. The largest absolute Gasteiger partial charge is 0.479 e. The van der Waals surface area contributed by atoms with Crippen LogP contribution in [0.3, 0.4) is 0 Å². The van der Waals surface area contributed by atoms with Crippen LogP contribution in [-0.2, 0) is 4.79 Å². The van der Waals surface area contributed by atoms with Gasteiger partial charge in [-0.3, -0.25) is 14.9 Å². The van der Waals surface area contributed by atoms with E-state index in [1.807, 2.05) is 13.8 Å². The van der Waals surface area contributed by atoms with Crippen molar-refractivity contribution in [3.8, 4) is 5.75 Å². The molecular formula is C16H19ClN4O4. The molecule has 1 heterocycles. The van der Waals surface area contributed by atoms with Crippen LogP contribution in [0.5, 0.6) is 5.75 Å². The number of non-ortho nitro benzene ring substituents is 1. The summed E-state index contributed by atoms with van der Waals surface area (Å²) in [5.41, 5.74) is -0.146. The van der Waals surface area contributed by atoms with Crippen molar-refractivity contribution in [2.75, 3.05) is 5.32 Å². The predicted molar refractivity (Wildman–Crippen MR) is 94.1 cm³/mol. The maximum Gasteiger partial charge on any atom is 0.271 e. The molecule has 0 unspecified atom stereocenters. The second kappa shape index (κ2) is 7.98. The van der Waals surface area contributed by atoms with Crippen LogP contribution in [0.25, 0.3) is 0 Å². The summed E-state index contributed by atoms with van der Waals surface area (Å²) >= 11 is 5.98. The van der Waals surface area contributed by atoms with E-state index in [1.54, 1.807) is 23.9 Å². The highest BCUT2D eigenvalue weighted by molar-refractivity contribution is 6.32. The molecule has 25 heavy (non-hydrogen) atoms. The zero-order valence-corrected chi connectivity index (χ0v) is 14.9. The van der Waals surface area contributed by atoms with E-state index in [0.29, 0.717) is 5.82 Å². The Hall–Kier alpha value is -2.61. The molecule has 0 fully saturated rings. The zero-order valence-electron chi connectivity index (χ0n) is 14.1. The van der Waals surface area contributed by atoms with E-state index in [4.69, 9.17) is 16.3 Å². The van der Waals surface area contributed by atoms with Crippen molar-refractivity contribution in [2.24, 2.45) is 0 Å². The second-order valence-electron chi connectivity index (χ2n) is 5.54. The molecule has 0 aliphatic heterocycles. The number of nitro benzene ring substituents is 1. The Morgan fingerprint density at radius 3 is 2.76 bits per heavy atom. The van der Waals surface area contributed by atoms with E-state index in [1.165, 1.54) is 18.2 Å². The molecule has 134 valence electrons. The number of hydrogen-bond donors (Lipinski definition) is 1. The summed E-state index contributed by atoms with van der Waals surface area (Å²) in [5, 5.41) is 17.7. The Morgan fingerprint density at radius 2 is 2.16 bits per heavy atom. The first kappa shape index (κ1) is 18.7. The molecule has 0 saturated carbocycles. The Bertz CT molecular complexity index is 777. The number of nitrogens with zero attached hydrogens (tertiary/aromatic N) is 3. The van der Waals surface area contributed by atoms with Crippen molar-refractivity contribution in [3.63, 3.8) is 0 Å². The highest BCUT2D eigenvalue weighted by Crippen LogP contribution is 2.29. The van der Waals surface area contributed by atoms with Crippen molar-refractivity contribution in [2.45, 2.75) is 39.3 Å². The average molecular weight is 367 g/mol. The third-order valence-corrected chi connectivity index (χ3v) is 4.02. The molecule has 1 aromatic carbocycles. The van der Waals surface area contributed by atoms with Crippen LogP contribution >= 0.6 is 11.6 Å². The first-order valence-corrected chi connectivity index (χ1v) is 8.16. The van der Waals surface area contributed by atoms with Crippen molar-refractivity contribution in [3.05, 3.63) is 45.6 Å². The van der Waals surface area contributed by atoms with Gasteiger partial charge in [0.2, 0.25) is 0 Å². The smallest absolute Gasteiger partial charge is 0.271 e. The van der Waals surface area contributed by atoms with Crippen LogP contribution in [0.15, 0.2) is 30.5 Å². The Morgan fingerprint density at radius 1 is 1.44 bits per heavy atom. The standard InChI is InChI=1S/C16H19ClN4O4/c1-4-10(2)20-15(7-8-18-20)19-16(22)11(3)25-14-6-5-12(21(23)24)9-13(14)17/h5-11H,4H2,1-3H3,(H,19,22)/t10-,11+/m0/s1. The number of amides is 1. The molecule has 2 rings (SSSR count). The number of anilines is 1. The molecule has 0 aliphatic rings. The van der Waals surface area contributed by atoms with Gasteiger partial charge in [0.05, 0.1) is 22.2 Å². The number of hydrogen-bond acceptors (Lipinski definition) is 5. The summed E-state index contributed by atoms with van der Waals surface area (Å²) in [6.45, 7) is 5.59. The summed E-state index contributed by atoms with van der Waals surface area (Å²) < 4.78 is 7.25. The Labute approximate surface area is 149 Å². The molecule has 0 spiro atoms. The number of benzene rings is 1. The fourth-order valence-corrected chi connectivity index (χ4v) is 2.33. The third-order valence-electron chi connectivity index (χ3n) is 3.73. The van der Waals surface area contributed by atoms with Crippen LogP contribution in [0, 0.1) is 10.1 Å². The molecule has 2 aromatic rings. The summed E-state index contributed by atoms with van der Waals surface area (Å²) in [6, 6.07) is 5.66. The van der Waals surface area contributed by atoms with E-state index >= 15 is 0 Å². The van der Waals surface area contributed by atoms with Crippen LogP contribution < -0.4 is 10.1 Å². The van der Waals surface area contributed by atoms with Gasteiger partial charge in [-0.2, -0.15) is 5.10 Å². The second-order valence-corrected chi connectivity index (χ2v) is 5.95. The number of ether oxygens (including phenoxy) is 1. The van der Waals surface area contributed by atoms with Gasteiger partial charge in [0.1, 0.15) is 11.6 Å². The van der Waals surface area contributed by atoms with Crippen LogP contribution in [0.1, 0.15) is 33.2 Å². The quantitative estimate of drug-likeness (QED) is 0.593. The normalized spacial score (nSPS) is 13.1. The van der Waals surface area contributed by atoms with Gasteiger partial charge in [-0.05, 0) is 26.3 Å². The van der Waals surface area contributed by atoms with Crippen molar-refractivity contribution < 1.29 is 14.5 Å². The Balaban J connectivity index is 2.06. The molecule has 0 bridgehead atoms. The van der Waals surface area contributed by atoms with Crippen LogP contribution in [0.4, 0.5) is 11.5 Å². The van der Waals surface area contributed by atoms with E-state index in [0.717, 1.165) is 6.42 Å². The van der Waals surface area contributed by atoms with E-state index in [9.17, 15) is 14.9 Å². The summed E-state index contributed by atoms with van der Waals surface area (Å²) in [4.78, 5) is 22.5. The number of rotatable bonds is 7. The van der Waals surface area contributed by atoms with E-state index < -0.39 is 11.0 Å². The first-order chi connectivity index (χ1) is 11.8. The molecule has 9 heteroatoms. The van der Waals surface area contributed by atoms with Gasteiger partial charge in [-0.1, -0.05) is 18.5 Å². The number of carbonyl (C=O) groups is 1. The lowest BCUT2D eigenvalue weighted by molar-refractivity contribution is -0.384. The van der Waals surface area contributed by atoms with Gasteiger partial charge in [0, 0.05) is 18.2 Å². The minimum absolute atomic E-state index is 0.0681. The van der Waals surface area contributed by atoms with E-state index in [-0.39, 0.29) is 28.4 Å². The lowest BCUT2D eigenvalue weighted by Gasteiger charge is -2.18. The van der Waals surface area contributed by atoms with Crippen molar-refractivity contribution in [1.29, 1.82) is 0 Å². The fourth-order valence-electron chi connectivity index (χ4n) is 2.11. The molecule has 0 radical (unpaired) electrons.